The summed E-state index contributed by atoms with van der Waals surface area (Å²) in [6.07, 6.45) is 4.60. The Balaban J connectivity index is 1.12. The maximum absolute atomic E-state index is 13.6. The summed E-state index contributed by atoms with van der Waals surface area (Å²) in [5.41, 5.74) is 4.20. The molecule has 2 aliphatic heterocycles. The highest BCUT2D eigenvalue weighted by Crippen LogP contribution is 2.30. The number of benzene rings is 2. The third-order valence-electron chi connectivity index (χ3n) is 8.24. The highest BCUT2D eigenvalue weighted by Gasteiger charge is 2.30. The Hall–Kier alpha value is -3.16. The molecule has 0 spiro atoms. The lowest BCUT2D eigenvalue weighted by atomic mass is 9.93. The van der Waals surface area contributed by atoms with Gasteiger partial charge < -0.3 is 14.7 Å². The van der Waals surface area contributed by atoms with Crippen molar-refractivity contribution in [2.45, 2.75) is 44.9 Å². The molecule has 0 aliphatic carbocycles. The molecule has 2 aliphatic rings. The standard InChI is InChI=1S/C31H38ClN5O2/c1-23(38)36-20-14-26(15-21-36)31(39)37(28-6-3-2-4-7-28)17-5-16-35-18-12-25(13-19-35)30-22-29(33-34-30)24-8-10-27(32)11-9-24/h2-4,6-11,22,25-26H,5,12-21H2,1H3,(H,33,34). The number of hydrogen-bond donors (Lipinski definition) is 1. The summed E-state index contributed by atoms with van der Waals surface area (Å²) in [5.74, 6) is 0.750. The van der Waals surface area contributed by atoms with Crippen molar-refractivity contribution in [2.24, 2.45) is 5.92 Å². The van der Waals surface area contributed by atoms with E-state index in [4.69, 9.17) is 11.6 Å². The number of hydrogen-bond acceptors (Lipinski definition) is 4. The molecule has 206 valence electrons. The van der Waals surface area contributed by atoms with Crippen LogP contribution in [0, 0.1) is 5.92 Å². The number of amides is 2. The van der Waals surface area contributed by atoms with Gasteiger partial charge in [-0.3, -0.25) is 14.7 Å². The Morgan fingerprint density at radius 2 is 1.67 bits per heavy atom. The van der Waals surface area contributed by atoms with E-state index in [1.165, 1.54) is 5.69 Å². The number of halogens is 1. The molecule has 1 N–H and O–H groups in total. The molecule has 0 bridgehead atoms. The summed E-state index contributed by atoms with van der Waals surface area (Å²) < 4.78 is 0. The fourth-order valence-electron chi connectivity index (χ4n) is 5.87. The predicted octanol–water partition coefficient (Wildman–Crippen LogP) is 5.59. The first-order valence-electron chi connectivity index (χ1n) is 14.1. The Morgan fingerprint density at radius 3 is 2.33 bits per heavy atom. The number of nitrogens with one attached hydrogen (secondary N) is 1. The van der Waals surface area contributed by atoms with E-state index < -0.39 is 0 Å². The Bertz CT molecular complexity index is 1230. The van der Waals surface area contributed by atoms with Gasteiger partial charge in [-0.05, 0) is 82.1 Å². The van der Waals surface area contributed by atoms with Crippen molar-refractivity contribution in [1.29, 1.82) is 0 Å². The number of rotatable bonds is 8. The predicted molar refractivity (Wildman–Crippen MR) is 156 cm³/mol. The molecule has 2 saturated heterocycles. The zero-order valence-electron chi connectivity index (χ0n) is 22.7. The summed E-state index contributed by atoms with van der Waals surface area (Å²) in [4.78, 5) is 31.6. The van der Waals surface area contributed by atoms with Gasteiger partial charge in [-0.2, -0.15) is 5.10 Å². The van der Waals surface area contributed by atoms with Crippen LogP contribution in [0.3, 0.4) is 0 Å². The first-order chi connectivity index (χ1) is 19.0. The Kier molecular flexibility index (Phi) is 8.99. The smallest absolute Gasteiger partial charge is 0.230 e. The van der Waals surface area contributed by atoms with Crippen molar-refractivity contribution < 1.29 is 9.59 Å². The normalized spacial score (nSPS) is 17.3. The van der Waals surface area contributed by atoms with Crippen LogP contribution in [0.15, 0.2) is 60.7 Å². The van der Waals surface area contributed by atoms with Crippen LogP contribution < -0.4 is 4.90 Å². The average Bonchev–Trinajstić information content (AvgIpc) is 3.47. The Morgan fingerprint density at radius 1 is 0.974 bits per heavy atom. The van der Waals surface area contributed by atoms with Crippen LogP contribution in [0.4, 0.5) is 5.69 Å². The number of para-hydroxylation sites is 1. The van der Waals surface area contributed by atoms with Gasteiger partial charge in [0.05, 0.1) is 5.69 Å². The number of H-pyrrole nitrogens is 1. The lowest BCUT2D eigenvalue weighted by Gasteiger charge is -2.35. The number of carbonyl (C=O) groups excluding carboxylic acids is 2. The van der Waals surface area contributed by atoms with Gasteiger partial charge in [-0.15, -0.1) is 0 Å². The lowest BCUT2D eigenvalue weighted by molar-refractivity contribution is -0.133. The molecular weight excluding hydrogens is 510 g/mol. The molecule has 0 saturated carbocycles. The molecule has 2 amide bonds. The topological polar surface area (TPSA) is 72.5 Å². The molecule has 7 nitrogen and oxygen atoms in total. The molecule has 3 aromatic rings. The van der Waals surface area contributed by atoms with Gasteiger partial charge in [-0.25, -0.2) is 0 Å². The molecule has 8 heteroatoms. The molecule has 1 aromatic heterocycles. The number of carbonyl (C=O) groups is 2. The minimum Gasteiger partial charge on any atom is -0.343 e. The van der Waals surface area contributed by atoms with Crippen LogP contribution in [0.1, 0.15) is 50.6 Å². The van der Waals surface area contributed by atoms with Crippen LogP contribution in [-0.2, 0) is 9.59 Å². The maximum Gasteiger partial charge on any atom is 0.230 e. The summed E-state index contributed by atoms with van der Waals surface area (Å²) in [5, 5.41) is 8.53. The molecule has 2 fully saturated rings. The van der Waals surface area contributed by atoms with Crippen LogP contribution in [0.25, 0.3) is 11.3 Å². The van der Waals surface area contributed by atoms with Crippen LogP contribution in [-0.4, -0.2) is 71.1 Å². The van der Waals surface area contributed by atoms with E-state index in [1.54, 1.807) is 6.92 Å². The van der Waals surface area contributed by atoms with Gasteiger partial charge in [0.1, 0.15) is 0 Å². The van der Waals surface area contributed by atoms with Crippen LogP contribution in [0.2, 0.25) is 5.02 Å². The minimum atomic E-state index is -0.0243. The third kappa shape index (κ3) is 6.89. The second-order valence-electron chi connectivity index (χ2n) is 10.8. The molecule has 39 heavy (non-hydrogen) atoms. The molecule has 0 unspecified atom stereocenters. The largest absolute Gasteiger partial charge is 0.343 e. The van der Waals surface area contributed by atoms with Crippen molar-refractivity contribution in [1.82, 2.24) is 20.0 Å². The number of piperidine rings is 2. The van der Waals surface area contributed by atoms with E-state index in [1.807, 2.05) is 64.4 Å². The van der Waals surface area contributed by atoms with Gasteiger partial charge in [0.25, 0.3) is 0 Å². The molecule has 5 rings (SSSR count). The lowest BCUT2D eigenvalue weighted by Crippen LogP contribution is -2.44. The molecule has 2 aromatic carbocycles. The maximum atomic E-state index is 13.6. The monoisotopic (exact) mass is 547 g/mol. The zero-order valence-corrected chi connectivity index (χ0v) is 23.4. The second kappa shape index (κ2) is 12.8. The number of likely N-dealkylation sites (tertiary alicyclic amines) is 2. The first-order valence-corrected chi connectivity index (χ1v) is 14.5. The zero-order chi connectivity index (χ0) is 27.2. The van der Waals surface area contributed by atoms with E-state index >= 15 is 0 Å². The van der Waals surface area contributed by atoms with Crippen molar-refractivity contribution >= 4 is 29.1 Å². The van der Waals surface area contributed by atoms with E-state index in [9.17, 15) is 9.59 Å². The fraction of sp³-hybridized carbons (Fsp3) is 0.452. The third-order valence-corrected chi connectivity index (χ3v) is 8.50. The number of aromatic nitrogens is 2. The summed E-state index contributed by atoms with van der Waals surface area (Å²) >= 11 is 6.03. The molecule has 0 atom stereocenters. The van der Waals surface area contributed by atoms with Crippen molar-refractivity contribution in [2.75, 3.05) is 44.2 Å². The van der Waals surface area contributed by atoms with Crippen molar-refractivity contribution in [3.8, 4) is 11.3 Å². The van der Waals surface area contributed by atoms with Crippen molar-refractivity contribution in [3.63, 3.8) is 0 Å². The number of nitrogens with zero attached hydrogens (tertiary/aromatic N) is 4. The minimum absolute atomic E-state index is 0.0243. The van der Waals surface area contributed by atoms with Crippen LogP contribution >= 0.6 is 11.6 Å². The Labute approximate surface area is 236 Å². The van der Waals surface area contributed by atoms with Gasteiger partial charge in [0.15, 0.2) is 0 Å². The van der Waals surface area contributed by atoms with Crippen molar-refractivity contribution in [3.05, 3.63) is 71.4 Å². The molecule has 0 radical (unpaired) electrons. The van der Waals surface area contributed by atoms with Gasteiger partial charge in [0.2, 0.25) is 11.8 Å². The van der Waals surface area contributed by atoms with E-state index in [-0.39, 0.29) is 17.7 Å². The summed E-state index contributed by atoms with van der Waals surface area (Å²) in [6.45, 7) is 6.72. The summed E-state index contributed by atoms with van der Waals surface area (Å²) in [6, 6.07) is 20.0. The van der Waals surface area contributed by atoms with E-state index in [0.29, 0.717) is 25.6 Å². The fourth-order valence-corrected chi connectivity index (χ4v) is 6.00. The van der Waals surface area contributed by atoms with E-state index in [0.717, 1.165) is 73.7 Å². The second-order valence-corrected chi connectivity index (χ2v) is 11.2. The highest BCUT2D eigenvalue weighted by molar-refractivity contribution is 6.30. The van der Waals surface area contributed by atoms with Gasteiger partial charge in [-0.1, -0.05) is 41.9 Å². The van der Waals surface area contributed by atoms with E-state index in [2.05, 4.69) is 21.2 Å². The highest BCUT2D eigenvalue weighted by atomic mass is 35.5. The quantitative estimate of drug-likeness (QED) is 0.399. The number of anilines is 1. The summed E-state index contributed by atoms with van der Waals surface area (Å²) in [7, 11) is 0. The SMILES string of the molecule is CC(=O)N1CCC(C(=O)N(CCCN2CCC(c3cc(-c4ccc(Cl)cc4)n[nH]3)CC2)c2ccccc2)CC1. The molecule has 3 heterocycles. The number of aromatic amines is 1. The molecular formula is C31H38ClN5O2. The van der Waals surface area contributed by atoms with Gasteiger partial charge >= 0.3 is 0 Å². The van der Waals surface area contributed by atoms with Crippen LogP contribution in [0.5, 0.6) is 0 Å². The average molecular weight is 548 g/mol. The first kappa shape index (κ1) is 27.4. The van der Waals surface area contributed by atoms with Gasteiger partial charge in [0, 0.05) is 60.4 Å².